The molecule has 0 unspecified atom stereocenters. The average molecular weight is 561 g/mol. The predicted octanol–water partition coefficient (Wildman–Crippen LogP) is 5.80. The van der Waals surface area contributed by atoms with Gasteiger partial charge in [0.2, 0.25) is 0 Å². The van der Waals surface area contributed by atoms with E-state index in [4.69, 9.17) is 30.5 Å². The highest BCUT2D eigenvalue weighted by molar-refractivity contribution is 6.31. The molecule has 0 fully saturated rings. The van der Waals surface area contributed by atoms with Crippen molar-refractivity contribution >= 4 is 23.4 Å². The third-order valence-corrected chi connectivity index (χ3v) is 6.45. The zero-order valence-corrected chi connectivity index (χ0v) is 23.0. The molecule has 0 spiro atoms. The van der Waals surface area contributed by atoms with Gasteiger partial charge in [0.1, 0.15) is 24.3 Å². The molecular formula is C31H29ClN2O6. The maximum atomic E-state index is 13.3. The third-order valence-electron chi connectivity index (χ3n) is 6.08. The van der Waals surface area contributed by atoms with Crippen LogP contribution < -0.4 is 29.6 Å². The van der Waals surface area contributed by atoms with Crippen LogP contribution in [-0.2, 0) is 6.61 Å². The summed E-state index contributed by atoms with van der Waals surface area (Å²) in [4.78, 5) is 26.5. The van der Waals surface area contributed by atoms with Gasteiger partial charge in [-0.2, -0.15) is 0 Å². The number of nitrogens with one attached hydrogen (secondary N) is 2. The van der Waals surface area contributed by atoms with Crippen molar-refractivity contribution in [3.05, 3.63) is 118 Å². The SMILES string of the molecule is COc1cccc(C(=O)NC(NC(=O)c2cccc(OC)c2)c2ccc(OC)c(OCc3ccccc3Cl)c2)c1. The monoisotopic (exact) mass is 560 g/mol. The molecule has 4 aromatic rings. The summed E-state index contributed by atoms with van der Waals surface area (Å²) in [6.07, 6.45) is -0.925. The minimum atomic E-state index is -0.925. The summed E-state index contributed by atoms with van der Waals surface area (Å²) in [5, 5.41) is 6.38. The second-order valence-electron chi connectivity index (χ2n) is 8.63. The van der Waals surface area contributed by atoms with Crippen LogP contribution in [0.2, 0.25) is 5.02 Å². The quantitative estimate of drug-likeness (QED) is 0.225. The van der Waals surface area contributed by atoms with Crippen LogP contribution in [0.1, 0.15) is 38.0 Å². The van der Waals surface area contributed by atoms with Crippen molar-refractivity contribution in [1.29, 1.82) is 0 Å². The zero-order chi connectivity index (χ0) is 28.5. The highest BCUT2D eigenvalue weighted by atomic mass is 35.5. The van der Waals surface area contributed by atoms with Crippen LogP contribution >= 0.6 is 11.6 Å². The van der Waals surface area contributed by atoms with Gasteiger partial charge in [0.15, 0.2) is 11.5 Å². The predicted molar refractivity (Wildman–Crippen MR) is 152 cm³/mol. The Labute approximate surface area is 237 Å². The first-order valence-electron chi connectivity index (χ1n) is 12.4. The van der Waals surface area contributed by atoms with Crippen LogP contribution in [0.3, 0.4) is 0 Å². The largest absolute Gasteiger partial charge is 0.497 e. The molecule has 4 aromatic carbocycles. The molecule has 40 heavy (non-hydrogen) atoms. The molecule has 4 rings (SSSR count). The summed E-state index contributed by atoms with van der Waals surface area (Å²) in [6.45, 7) is 0.191. The molecule has 0 atom stereocenters. The molecule has 2 amide bonds. The van der Waals surface area contributed by atoms with Gasteiger partial charge in [-0.1, -0.05) is 48.0 Å². The van der Waals surface area contributed by atoms with Gasteiger partial charge < -0.3 is 29.6 Å². The molecule has 0 aliphatic rings. The van der Waals surface area contributed by atoms with E-state index in [0.29, 0.717) is 44.7 Å². The van der Waals surface area contributed by atoms with Crippen LogP contribution in [0.15, 0.2) is 91.0 Å². The number of carbonyl (C=O) groups excluding carboxylic acids is 2. The third kappa shape index (κ3) is 7.03. The summed E-state index contributed by atoms with van der Waals surface area (Å²) in [5.74, 6) is 1.13. The fourth-order valence-corrected chi connectivity index (χ4v) is 4.11. The number of ether oxygens (including phenoxy) is 4. The van der Waals surface area contributed by atoms with Crippen molar-refractivity contribution in [2.45, 2.75) is 12.8 Å². The molecule has 0 aromatic heterocycles. The van der Waals surface area contributed by atoms with Gasteiger partial charge >= 0.3 is 0 Å². The van der Waals surface area contributed by atoms with Crippen molar-refractivity contribution in [2.24, 2.45) is 0 Å². The highest BCUT2D eigenvalue weighted by Crippen LogP contribution is 2.31. The van der Waals surface area contributed by atoms with Gasteiger partial charge in [-0.25, -0.2) is 0 Å². The summed E-state index contributed by atoms with van der Waals surface area (Å²) in [5.41, 5.74) is 2.08. The highest BCUT2D eigenvalue weighted by Gasteiger charge is 2.21. The lowest BCUT2D eigenvalue weighted by Crippen LogP contribution is -2.41. The smallest absolute Gasteiger partial charge is 0.253 e. The molecule has 0 saturated heterocycles. The maximum absolute atomic E-state index is 13.3. The summed E-state index contributed by atoms with van der Waals surface area (Å²) >= 11 is 6.30. The van der Waals surface area contributed by atoms with E-state index in [-0.39, 0.29) is 6.61 Å². The standard InChI is InChI=1S/C31H29ClN2O6/c1-37-24-11-6-9-21(16-24)30(35)33-29(34-31(36)22-10-7-12-25(17-22)38-2)20-14-15-27(39-3)28(18-20)40-19-23-8-4-5-13-26(23)32/h4-18,29H,19H2,1-3H3,(H,33,35)(H,34,36). The van der Waals surface area contributed by atoms with Crippen LogP contribution in [0.25, 0.3) is 0 Å². The molecule has 0 aliphatic heterocycles. The van der Waals surface area contributed by atoms with Crippen molar-refractivity contribution in [3.63, 3.8) is 0 Å². The summed E-state index contributed by atoms with van der Waals surface area (Å²) < 4.78 is 22.0. The molecule has 8 nitrogen and oxygen atoms in total. The van der Waals surface area contributed by atoms with Gasteiger partial charge in [0.25, 0.3) is 11.8 Å². The summed E-state index contributed by atoms with van der Waals surface area (Å²) in [6, 6.07) is 26.0. The number of amides is 2. The maximum Gasteiger partial charge on any atom is 0.253 e. The molecular weight excluding hydrogens is 532 g/mol. The second-order valence-corrected chi connectivity index (χ2v) is 9.04. The molecule has 2 N–H and O–H groups in total. The van der Waals surface area contributed by atoms with Crippen molar-refractivity contribution in [2.75, 3.05) is 21.3 Å². The second kappa shape index (κ2) is 13.4. The Kier molecular flexibility index (Phi) is 9.48. The first-order valence-corrected chi connectivity index (χ1v) is 12.7. The Hall–Kier alpha value is -4.69. The van der Waals surface area contributed by atoms with Crippen LogP contribution in [-0.4, -0.2) is 33.1 Å². The topological polar surface area (TPSA) is 95.1 Å². The minimum absolute atomic E-state index is 0.191. The molecule has 0 saturated carbocycles. The van der Waals surface area contributed by atoms with Gasteiger partial charge in [-0.3, -0.25) is 9.59 Å². The first kappa shape index (κ1) is 28.3. The molecule has 0 heterocycles. The van der Waals surface area contributed by atoms with Gasteiger partial charge in [-0.05, 0) is 60.2 Å². The molecule has 0 bridgehead atoms. The number of rotatable bonds is 11. The van der Waals surface area contributed by atoms with E-state index in [1.807, 2.05) is 18.2 Å². The number of carbonyl (C=O) groups is 2. The zero-order valence-electron chi connectivity index (χ0n) is 22.3. The normalized spacial score (nSPS) is 10.5. The van der Waals surface area contributed by atoms with Crippen molar-refractivity contribution in [1.82, 2.24) is 10.6 Å². The Morgan fingerprint density at radius 1 is 0.700 bits per heavy atom. The Morgan fingerprint density at radius 3 is 1.85 bits per heavy atom. The molecule has 9 heteroatoms. The van der Waals surface area contributed by atoms with Gasteiger partial charge in [0, 0.05) is 21.7 Å². The molecule has 0 radical (unpaired) electrons. The van der Waals surface area contributed by atoms with E-state index < -0.39 is 18.0 Å². The van der Waals surface area contributed by atoms with E-state index in [1.54, 1.807) is 72.8 Å². The minimum Gasteiger partial charge on any atom is -0.497 e. The number of methoxy groups -OCH3 is 3. The summed E-state index contributed by atoms with van der Waals surface area (Å²) in [7, 11) is 4.58. The number of hydrogen-bond donors (Lipinski definition) is 2. The molecule has 206 valence electrons. The lowest BCUT2D eigenvalue weighted by molar-refractivity contribution is 0.0882. The van der Waals surface area contributed by atoms with Crippen LogP contribution in [0.4, 0.5) is 0 Å². The van der Waals surface area contributed by atoms with Crippen molar-refractivity contribution < 1.29 is 28.5 Å². The Bertz CT molecular complexity index is 1430. The van der Waals surface area contributed by atoms with E-state index in [1.165, 1.54) is 21.3 Å². The van der Waals surface area contributed by atoms with Gasteiger partial charge in [0.05, 0.1) is 21.3 Å². The Balaban J connectivity index is 1.65. The molecule has 0 aliphatic carbocycles. The Morgan fingerprint density at radius 2 is 1.30 bits per heavy atom. The van der Waals surface area contributed by atoms with Crippen molar-refractivity contribution in [3.8, 4) is 23.0 Å². The van der Waals surface area contributed by atoms with E-state index in [2.05, 4.69) is 10.6 Å². The number of hydrogen-bond acceptors (Lipinski definition) is 6. The van der Waals surface area contributed by atoms with E-state index in [0.717, 1.165) is 5.56 Å². The van der Waals surface area contributed by atoms with Gasteiger partial charge in [-0.15, -0.1) is 0 Å². The van der Waals surface area contributed by atoms with E-state index in [9.17, 15) is 9.59 Å². The fraction of sp³-hybridized carbons (Fsp3) is 0.161. The van der Waals surface area contributed by atoms with Crippen LogP contribution in [0.5, 0.6) is 23.0 Å². The lowest BCUT2D eigenvalue weighted by atomic mass is 10.1. The first-order chi connectivity index (χ1) is 19.4. The van der Waals surface area contributed by atoms with E-state index >= 15 is 0 Å². The number of benzene rings is 4. The average Bonchev–Trinajstić information content (AvgIpc) is 3.00. The fourth-order valence-electron chi connectivity index (χ4n) is 3.92. The number of halogens is 1. The lowest BCUT2D eigenvalue weighted by Gasteiger charge is -2.22. The van der Waals surface area contributed by atoms with Crippen LogP contribution in [0, 0.1) is 0 Å².